The van der Waals surface area contributed by atoms with Gasteiger partial charge in [0, 0.05) is 12.2 Å². The van der Waals surface area contributed by atoms with Gasteiger partial charge >= 0.3 is 0 Å². The number of thioether (sulfide) groups is 1. The van der Waals surface area contributed by atoms with Gasteiger partial charge in [0.15, 0.2) is 5.16 Å². The monoisotopic (exact) mass is 403 g/mol. The molecule has 0 atom stereocenters. The second-order valence-corrected chi connectivity index (χ2v) is 7.75. The number of benzene rings is 3. The van der Waals surface area contributed by atoms with Gasteiger partial charge in [-0.2, -0.15) is 0 Å². The second kappa shape index (κ2) is 8.09. The van der Waals surface area contributed by atoms with E-state index in [4.69, 9.17) is 4.98 Å². The molecule has 1 aromatic heterocycles. The van der Waals surface area contributed by atoms with Crippen LogP contribution in [0, 0.1) is 6.92 Å². The Morgan fingerprint density at radius 1 is 1.07 bits per heavy atom. The molecular formula is C23H21N3O2S. The molecule has 6 heteroatoms. The number of anilines is 1. The number of aryl methyl sites for hydroxylation is 1. The number of hydrogen-bond acceptors (Lipinski definition) is 4. The molecule has 0 saturated heterocycles. The molecule has 29 heavy (non-hydrogen) atoms. The maximum Gasteiger partial charge on any atom is 0.262 e. The van der Waals surface area contributed by atoms with E-state index in [2.05, 4.69) is 5.32 Å². The van der Waals surface area contributed by atoms with Crippen LogP contribution in [0.3, 0.4) is 0 Å². The highest BCUT2D eigenvalue weighted by molar-refractivity contribution is 7.99. The van der Waals surface area contributed by atoms with E-state index < -0.39 is 0 Å². The van der Waals surface area contributed by atoms with Crippen LogP contribution >= 0.6 is 11.8 Å². The summed E-state index contributed by atoms with van der Waals surface area (Å²) in [6.07, 6.45) is 0. The average Bonchev–Trinajstić information content (AvgIpc) is 2.73. The van der Waals surface area contributed by atoms with Crippen LogP contribution in [0.1, 0.15) is 12.5 Å². The fourth-order valence-corrected chi connectivity index (χ4v) is 4.17. The first-order valence-electron chi connectivity index (χ1n) is 9.48. The second-order valence-electron chi connectivity index (χ2n) is 6.81. The van der Waals surface area contributed by atoms with E-state index >= 15 is 0 Å². The smallest absolute Gasteiger partial charge is 0.262 e. The van der Waals surface area contributed by atoms with Crippen LogP contribution in [-0.4, -0.2) is 21.2 Å². The van der Waals surface area contributed by atoms with E-state index in [1.54, 1.807) is 4.57 Å². The maximum absolute atomic E-state index is 13.0. The zero-order valence-corrected chi connectivity index (χ0v) is 17.1. The largest absolute Gasteiger partial charge is 0.325 e. The molecule has 0 aliphatic heterocycles. The number of fused-ring (bicyclic) bond motifs is 2. The third-order valence-electron chi connectivity index (χ3n) is 4.85. The molecule has 3 aromatic carbocycles. The molecule has 1 amide bonds. The lowest BCUT2D eigenvalue weighted by atomic mass is 10.1. The molecule has 0 aliphatic carbocycles. The van der Waals surface area contributed by atoms with E-state index in [-0.39, 0.29) is 17.2 Å². The number of para-hydroxylation sites is 1. The van der Waals surface area contributed by atoms with E-state index in [1.807, 2.05) is 74.5 Å². The summed E-state index contributed by atoms with van der Waals surface area (Å²) in [4.78, 5) is 30.1. The van der Waals surface area contributed by atoms with Gasteiger partial charge in [-0.3, -0.25) is 14.2 Å². The topological polar surface area (TPSA) is 64.0 Å². The first-order chi connectivity index (χ1) is 14.1. The van der Waals surface area contributed by atoms with Gasteiger partial charge in [-0.15, -0.1) is 0 Å². The van der Waals surface area contributed by atoms with Crippen molar-refractivity contribution in [1.82, 2.24) is 9.55 Å². The van der Waals surface area contributed by atoms with Crippen molar-refractivity contribution in [2.45, 2.75) is 25.5 Å². The molecule has 5 nitrogen and oxygen atoms in total. The van der Waals surface area contributed by atoms with Crippen LogP contribution in [0.2, 0.25) is 0 Å². The minimum absolute atomic E-state index is 0.0786. The standard InChI is InChI=1S/C23H21N3O2S/c1-3-26-22(28)18-12-16-9-5-6-10-17(16)13-20(18)25-23(26)29-14-21(27)24-19-11-7-4-8-15(19)2/h4-13H,3,14H2,1-2H3,(H,24,27). The van der Waals surface area contributed by atoms with Crippen molar-refractivity contribution in [3.63, 3.8) is 0 Å². The number of aromatic nitrogens is 2. The molecule has 4 rings (SSSR count). The van der Waals surface area contributed by atoms with Gasteiger partial charge in [0.1, 0.15) is 0 Å². The van der Waals surface area contributed by atoms with Crippen LogP contribution in [0.4, 0.5) is 5.69 Å². The van der Waals surface area contributed by atoms with Crippen LogP contribution in [0.15, 0.2) is 70.6 Å². The van der Waals surface area contributed by atoms with Gasteiger partial charge < -0.3 is 5.32 Å². The summed E-state index contributed by atoms with van der Waals surface area (Å²) >= 11 is 1.28. The van der Waals surface area contributed by atoms with Gasteiger partial charge in [0.2, 0.25) is 5.91 Å². The Labute approximate surface area is 172 Å². The molecular weight excluding hydrogens is 382 g/mol. The Bertz CT molecular complexity index is 1280. The van der Waals surface area contributed by atoms with E-state index in [0.29, 0.717) is 22.6 Å². The Morgan fingerprint density at radius 3 is 2.48 bits per heavy atom. The van der Waals surface area contributed by atoms with Gasteiger partial charge in [0.05, 0.1) is 16.7 Å². The Morgan fingerprint density at radius 2 is 1.76 bits per heavy atom. The average molecular weight is 404 g/mol. The number of hydrogen-bond donors (Lipinski definition) is 1. The van der Waals surface area contributed by atoms with E-state index in [1.165, 1.54) is 11.8 Å². The highest BCUT2D eigenvalue weighted by Crippen LogP contribution is 2.23. The minimum atomic E-state index is -0.125. The van der Waals surface area contributed by atoms with Crippen molar-refractivity contribution < 1.29 is 4.79 Å². The van der Waals surface area contributed by atoms with Gasteiger partial charge in [-0.05, 0) is 48.4 Å². The van der Waals surface area contributed by atoms with Crippen LogP contribution < -0.4 is 10.9 Å². The molecule has 1 N–H and O–H groups in total. The lowest BCUT2D eigenvalue weighted by Gasteiger charge is -2.12. The summed E-state index contributed by atoms with van der Waals surface area (Å²) in [5, 5.41) is 6.12. The summed E-state index contributed by atoms with van der Waals surface area (Å²) < 4.78 is 1.63. The minimum Gasteiger partial charge on any atom is -0.325 e. The zero-order chi connectivity index (χ0) is 20.4. The Kier molecular flexibility index (Phi) is 5.36. The third-order valence-corrected chi connectivity index (χ3v) is 5.83. The zero-order valence-electron chi connectivity index (χ0n) is 16.3. The number of rotatable bonds is 5. The highest BCUT2D eigenvalue weighted by Gasteiger charge is 2.13. The first-order valence-corrected chi connectivity index (χ1v) is 10.5. The molecule has 0 fully saturated rings. The molecule has 1 heterocycles. The van der Waals surface area contributed by atoms with Crippen molar-refractivity contribution in [2.24, 2.45) is 0 Å². The number of nitrogens with zero attached hydrogens (tertiary/aromatic N) is 2. The lowest BCUT2D eigenvalue weighted by molar-refractivity contribution is -0.113. The highest BCUT2D eigenvalue weighted by atomic mass is 32.2. The lowest BCUT2D eigenvalue weighted by Crippen LogP contribution is -2.23. The molecule has 0 saturated carbocycles. The Balaban J connectivity index is 1.64. The SMILES string of the molecule is CCn1c(SCC(=O)Nc2ccccc2C)nc2cc3ccccc3cc2c1=O. The molecule has 0 unspecified atom stereocenters. The molecule has 0 bridgehead atoms. The van der Waals surface area contributed by atoms with Crippen LogP contribution in [0.25, 0.3) is 21.7 Å². The van der Waals surface area contributed by atoms with Gasteiger partial charge in [0.25, 0.3) is 5.56 Å². The summed E-state index contributed by atoms with van der Waals surface area (Å²) in [6, 6.07) is 19.4. The maximum atomic E-state index is 13.0. The number of nitrogens with one attached hydrogen (secondary N) is 1. The summed E-state index contributed by atoms with van der Waals surface area (Å²) in [5.41, 5.74) is 2.38. The number of amides is 1. The molecule has 146 valence electrons. The predicted octanol–water partition coefficient (Wildman–Crippen LogP) is 4.61. The summed E-state index contributed by atoms with van der Waals surface area (Å²) in [7, 11) is 0. The van der Waals surface area contributed by atoms with Crippen molar-refractivity contribution in [3.8, 4) is 0 Å². The van der Waals surface area contributed by atoms with Crippen molar-refractivity contribution in [1.29, 1.82) is 0 Å². The molecule has 0 spiro atoms. The molecule has 0 radical (unpaired) electrons. The summed E-state index contributed by atoms with van der Waals surface area (Å²) in [5.74, 6) is 0.0552. The fourth-order valence-electron chi connectivity index (χ4n) is 3.31. The summed E-state index contributed by atoms with van der Waals surface area (Å²) in [6.45, 7) is 4.36. The first kappa shape index (κ1) is 19.2. The van der Waals surface area contributed by atoms with Crippen molar-refractivity contribution >= 4 is 45.0 Å². The van der Waals surface area contributed by atoms with E-state index in [0.717, 1.165) is 22.0 Å². The number of carbonyl (C=O) groups is 1. The Hall–Kier alpha value is -3.12. The normalized spacial score (nSPS) is 11.1. The number of carbonyl (C=O) groups excluding carboxylic acids is 1. The fraction of sp³-hybridized carbons (Fsp3) is 0.174. The van der Waals surface area contributed by atoms with Crippen molar-refractivity contribution in [2.75, 3.05) is 11.1 Å². The molecule has 4 aromatic rings. The predicted molar refractivity (Wildman–Crippen MR) is 120 cm³/mol. The van der Waals surface area contributed by atoms with E-state index in [9.17, 15) is 9.59 Å². The van der Waals surface area contributed by atoms with Gasteiger partial charge in [-0.25, -0.2) is 4.98 Å². The van der Waals surface area contributed by atoms with Crippen LogP contribution in [-0.2, 0) is 11.3 Å². The third kappa shape index (κ3) is 3.89. The van der Waals surface area contributed by atoms with Gasteiger partial charge in [-0.1, -0.05) is 54.2 Å². The van der Waals surface area contributed by atoms with Crippen molar-refractivity contribution in [3.05, 3.63) is 76.6 Å². The quantitative estimate of drug-likeness (QED) is 0.300. The molecule has 0 aliphatic rings. The van der Waals surface area contributed by atoms with Crippen LogP contribution in [0.5, 0.6) is 0 Å².